The fourth-order valence-electron chi connectivity index (χ4n) is 2.79. The van der Waals surface area contributed by atoms with Crippen LogP contribution in [0.3, 0.4) is 0 Å². The van der Waals surface area contributed by atoms with Gasteiger partial charge in [-0.25, -0.2) is 0 Å². The van der Waals surface area contributed by atoms with Crippen molar-refractivity contribution in [2.24, 2.45) is 17.3 Å². The van der Waals surface area contributed by atoms with Crippen molar-refractivity contribution in [1.29, 1.82) is 0 Å². The molecule has 2 fully saturated rings. The van der Waals surface area contributed by atoms with Gasteiger partial charge in [0.2, 0.25) is 0 Å². The first-order chi connectivity index (χ1) is 8.38. The van der Waals surface area contributed by atoms with E-state index in [-0.39, 0.29) is 23.7 Å². The highest BCUT2D eigenvalue weighted by molar-refractivity contribution is 5.70. The van der Waals surface area contributed by atoms with Crippen molar-refractivity contribution in [3.63, 3.8) is 0 Å². The van der Waals surface area contributed by atoms with E-state index in [1.807, 2.05) is 0 Å². The summed E-state index contributed by atoms with van der Waals surface area (Å²) in [6.45, 7) is 6.36. The quantitative estimate of drug-likeness (QED) is 0.701. The smallest absolute Gasteiger partial charge is 0.306 e. The standard InChI is InChI=1S/C13H24N2O3/c1-13(2,3)12-14-10(15-18-12)8-5-4-6-9(7-8)11(16)17/h8-10,12,14-15H,4-7H2,1-3H3,(H,16,17). The normalized spacial score (nSPS) is 37.7. The van der Waals surface area contributed by atoms with Crippen LogP contribution in [0.5, 0.6) is 0 Å². The molecule has 1 heterocycles. The Bertz CT molecular complexity index is 314. The molecule has 0 bridgehead atoms. The number of hydrogen-bond acceptors (Lipinski definition) is 4. The molecule has 5 heteroatoms. The molecule has 4 unspecified atom stereocenters. The maximum absolute atomic E-state index is 11.1. The Labute approximate surface area is 108 Å². The lowest BCUT2D eigenvalue weighted by Crippen LogP contribution is -2.45. The number of carboxylic acids is 1. The van der Waals surface area contributed by atoms with E-state index < -0.39 is 5.97 Å². The molecule has 1 aliphatic heterocycles. The summed E-state index contributed by atoms with van der Waals surface area (Å²) >= 11 is 0. The third-order valence-electron chi connectivity index (χ3n) is 3.97. The predicted octanol–water partition coefficient (Wildman–Crippen LogP) is 1.70. The number of aliphatic carboxylic acids is 1. The van der Waals surface area contributed by atoms with Crippen molar-refractivity contribution in [2.75, 3.05) is 0 Å². The zero-order valence-electron chi connectivity index (χ0n) is 11.4. The molecule has 1 saturated carbocycles. The molecule has 2 aliphatic rings. The van der Waals surface area contributed by atoms with Gasteiger partial charge >= 0.3 is 5.97 Å². The third-order valence-corrected chi connectivity index (χ3v) is 3.97. The summed E-state index contributed by atoms with van der Waals surface area (Å²) in [6.07, 6.45) is 3.66. The van der Waals surface area contributed by atoms with Gasteiger partial charge < -0.3 is 5.11 Å². The van der Waals surface area contributed by atoms with Crippen molar-refractivity contribution < 1.29 is 14.7 Å². The van der Waals surface area contributed by atoms with E-state index in [4.69, 9.17) is 9.94 Å². The van der Waals surface area contributed by atoms with Crippen LogP contribution in [0.15, 0.2) is 0 Å². The first kappa shape index (κ1) is 13.8. The van der Waals surface area contributed by atoms with E-state index in [1.165, 1.54) is 0 Å². The summed E-state index contributed by atoms with van der Waals surface area (Å²) in [7, 11) is 0. The van der Waals surface area contributed by atoms with Crippen LogP contribution in [0, 0.1) is 17.3 Å². The molecule has 1 aliphatic carbocycles. The summed E-state index contributed by atoms with van der Waals surface area (Å²) in [5, 5.41) is 12.5. The molecule has 0 spiro atoms. The number of carboxylic acid groups (broad SMARTS) is 1. The Balaban J connectivity index is 1.91. The van der Waals surface area contributed by atoms with Crippen LogP contribution in [0.4, 0.5) is 0 Å². The molecule has 0 amide bonds. The van der Waals surface area contributed by atoms with Crippen molar-refractivity contribution in [2.45, 2.75) is 58.8 Å². The maximum Gasteiger partial charge on any atom is 0.306 e. The highest BCUT2D eigenvalue weighted by atomic mass is 16.7. The Hall–Kier alpha value is -0.650. The minimum Gasteiger partial charge on any atom is -0.481 e. The lowest BCUT2D eigenvalue weighted by molar-refractivity contribution is -0.143. The number of hydroxylamine groups is 1. The molecule has 104 valence electrons. The van der Waals surface area contributed by atoms with Gasteiger partial charge in [-0.2, -0.15) is 5.48 Å². The molecule has 0 aromatic rings. The molecule has 0 aromatic heterocycles. The van der Waals surface area contributed by atoms with E-state index in [2.05, 4.69) is 31.6 Å². The van der Waals surface area contributed by atoms with Crippen LogP contribution in [-0.2, 0) is 9.63 Å². The Morgan fingerprint density at radius 2 is 2.06 bits per heavy atom. The van der Waals surface area contributed by atoms with Gasteiger partial charge in [0.25, 0.3) is 0 Å². The monoisotopic (exact) mass is 256 g/mol. The van der Waals surface area contributed by atoms with Gasteiger partial charge in [-0.05, 0) is 25.2 Å². The molecule has 2 rings (SSSR count). The molecule has 4 atom stereocenters. The van der Waals surface area contributed by atoms with Gasteiger partial charge in [-0.1, -0.05) is 27.2 Å². The number of carbonyl (C=O) groups is 1. The van der Waals surface area contributed by atoms with E-state index in [0.29, 0.717) is 5.92 Å². The van der Waals surface area contributed by atoms with Crippen LogP contribution in [-0.4, -0.2) is 23.5 Å². The summed E-state index contributed by atoms with van der Waals surface area (Å²) in [5.41, 5.74) is 3.07. The van der Waals surface area contributed by atoms with Gasteiger partial charge in [0.1, 0.15) is 6.23 Å². The molecule has 1 saturated heterocycles. The average Bonchev–Trinajstić information content (AvgIpc) is 2.78. The summed E-state index contributed by atoms with van der Waals surface area (Å²) in [5.74, 6) is -0.515. The van der Waals surface area contributed by atoms with Gasteiger partial charge in [0.15, 0.2) is 0 Å². The van der Waals surface area contributed by atoms with E-state index >= 15 is 0 Å². The molecule has 18 heavy (non-hydrogen) atoms. The SMILES string of the molecule is CC(C)(C)C1NC(C2CCCC(C(=O)O)C2)NO1. The molecule has 0 aromatic carbocycles. The fourth-order valence-corrected chi connectivity index (χ4v) is 2.79. The van der Waals surface area contributed by atoms with Crippen LogP contribution in [0.25, 0.3) is 0 Å². The Kier molecular flexibility index (Phi) is 3.94. The molecule has 0 radical (unpaired) electrons. The summed E-state index contributed by atoms with van der Waals surface area (Å²) < 4.78 is 0. The minimum absolute atomic E-state index is 0.0206. The van der Waals surface area contributed by atoms with Crippen molar-refractivity contribution in [3.05, 3.63) is 0 Å². The maximum atomic E-state index is 11.1. The van der Waals surface area contributed by atoms with Gasteiger partial charge in [-0.15, -0.1) is 0 Å². The zero-order valence-corrected chi connectivity index (χ0v) is 11.4. The lowest BCUT2D eigenvalue weighted by atomic mass is 9.80. The number of rotatable bonds is 2. The average molecular weight is 256 g/mol. The second-order valence-corrected chi connectivity index (χ2v) is 6.59. The van der Waals surface area contributed by atoms with Crippen LogP contribution < -0.4 is 10.8 Å². The minimum atomic E-state index is -0.661. The molecule has 3 N–H and O–H groups in total. The van der Waals surface area contributed by atoms with Gasteiger partial charge in [0, 0.05) is 5.41 Å². The van der Waals surface area contributed by atoms with Crippen LogP contribution >= 0.6 is 0 Å². The van der Waals surface area contributed by atoms with Crippen molar-refractivity contribution >= 4 is 5.97 Å². The van der Waals surface area contributed by atoms with Gasteiger partial charge in [-0.3, -0.25) is 14.9 Å². The highest BCUT2D eigenvalue weighted by Crippen LogP contribution is 2.33. The first-order valence-corrected chi connectivity index (χ1v) is 6.78. The topological polar surface area (TPSA) is 70.6 Å². The van der Waals surface area contributed by atoms with Crippen LogP contribution in [0.2, 0.25) is 0 Å². The van der Waals surface area contributed by atoms with Crippen molar-refractivity contribution in [1.82, 2.24) is 10.8 Å². The zero-order chi connectivity index (χ0) is 13.3. The summed E-state index contributed by atoms with van der Waals surface area (Å²) in [4.78, 5) is 16.6. The second kappa shape index (κ2) is 5.15. The van der Waals surface area contributed by atoms with E-state index in [9.17, 15) is 4.79 Å². The predicted molar refractivity (Wildman–Crippen MR) is 67.5 cm³/mol. The summed E-state index contributed by atoms with van der Waals surface area (Å²) in [6, 6.07) is 0. The van der Waals surface area contributed by atoms with Crippen LogP contribution in [0.1, 0.15) is 46.5 Å². The Morgan fingerprint density at radius 3 is 2.61 bits per heavy atom. The highest BCUT2D eigenvalue weighted by Gasteiger charge is 2.39. The largest absolute Gasteiger partial charge is 0.481 e. The molecular weight excluding hydrogens is 232 g/mol. The van der Waals surface area contributed by atoms with Gasteiger partial charge in [0.05, 0.1) is 12.1 Å². The number of hydrogen-bond donors (Lipinski definition) is 3. The van der Waals surface area contributed by atoms with Crippen molar-refractivity contribution in [3.8, 4) is 0 Å². The molecule has 5 nitrogen and oxygen atoms in total. The third kappa shape index (κ3) is 3.02. The van der Waals surface area contributed by atoms with E-state index in [0.717, 1.165) is 25.7 Å². The van der Waals surface area contributed by atoms with E-state index in [1.54, 1.807) is 0 Å². The first-order valence-electron chi connectivity index (χ1n) is 6.78. The fraction of sp³-hybridized carbons (Fsp3) is 0.923. The molecular formula is C13H24N2O3. The Morgan fingerprint density at radius 1 is 1.33 bits per heavy atom. The number of nitrogens with one attached hydrogen (secondary N) is 2. The lowest BCUT2D eigenvalue weighted by Gasteiger charge is -2.31. The second-order valence-electron chi connectivity index (χ2n) is 6.59.